The van der Waals surface area contributed by atoms with E-state index in [1.807, 2.05) is 17.0 Å². The topological polar surface area (TPSA) is 56.6 Å². The molecule has 0 spiro atoms. The van der Waals surface area contributed by atoms with E-state index < -0.39 is 0 Å². The number of benzene rings is 2. The van der Waals surface area contributed by atoms with Gasteiger partial charge in [0.2, 0.25) is 0 Å². The van der Waals surface area contributed by atoms with Crippen molar-refractivity contribution in [3.63, 3.8) is 0 Å². The van der Waals surface area contributed by atoms with Crippen LogP contribution >= 0.6 is 0 Å². The van der Waals surface area contributed by atoms with Crippen molar-refractivity contribution in [2.24, 2.45) is 0 Å². The van der Waals surface area contributed by atoms with Crippen LogP contribution in [-0.2, 0) is 6.54 Å². The van der Waals surface area contributed by atoms with E-state index in [0.717, 1.165) is 18.7 Å². The van der Waals surface area contributed by atoms with Gasteiger partial charge in [0.05, 0.1) is 18.7 Å². The molecule has 2 aromatic carbocycles. The zero-order valence-electron chi connectivity index (χ0n) is 14.6. The van der Waals surface area contributed by atoms with E-state index in [-0.39, 0.29) is 17.5 Å². The van der Waals surface area contributed by atoms with Gasteiger partial charge in [-0.25, -0.2) is 4.39 Å². The fourth-order valence-corrected chi connectivity index (χ4v) is 3.05. The first-order valence-corrected chi connectivity index (χ1v) is 8.45. The Hall–Kier alpha value is -2.91. The maximum absolute atomic E-state index is 13.8. The third-order valence-corrected chi connectivity index (χ3v) is 4.54. The van der Waals surface area contributed by atoms with Gasteiger partial charge in [-0.3, -0.25) is 9.69 Å². The monoisotopic (exact) mass is 353 g/mol. The molecule has 0 radical (unpaired) electrons. The van der Waals surface area contributed by atoms with Crippen molar-refractivity contribution in [1.29, 1.82) is 5.26 Å². The molecule has 1 aliphatic rings. The first-order chi connectivity index (χ1) is 12.6. The minimum Gasteiger partial charge on any atom is -0.494 e. The largest absolute Gasteiger partial charge is 0.494 e. The van der Waals surface area contributed by atoms with Crippen molar-refractivity contribution in [3.05, 3.63) is 65.0 Å². The molecule has 1 fully saturated rings. The number of hydrogen-bond donors (Lipinski definition) is 0. The summed E-state index contributed by atoms with van der Waals surface area (Å²) in [5, 5.41) is 8.83. The number of amides is 1. The van der Waals surface area contributed by atoms with Crippen LogP contribution in [0.1, 0.15) is 21.5 Å². The standard InChI is InChI=1S/C20H20FN3O2/c1-26-19-7-4-16(12-18(19)21)14-23-8-10-24(11-9-23)20(25)17-5-2-15(13-22)3-6-17/h2-7,12H,8-11,14H2,1H3. The molecule has 0 N–H and O–H groups in total. The minimum atomic E-state index is -0.361. The molecule has 134 valence electrons. The Bertz CT molecular complexity index is 822. The van der Waals surface area contributed by atoms with E-state index in [9.17, 15) is 9.18 Å². The molecule has 3 rings (SSSR count). The highest BCUT2D eigenvalue weighted by molar-refractivity contribution is 5.94. The second kappa shape index (κ2) is 7.98. The molecule has 0 unspecified atom stereocenters. The average Bonchev–Trinajstić information content (AvgIpc) is 2.68. The van der Waals surface area contributed by atoms with Crippen molar-refractivity contribution in [1.82, 2.24) is 9.80 Å². The zero-order chi connectivity index (χ0) is 18.5. The van der Waals surface area contributed by atoms with Crippen LogP contribution in [-0.4, -0.2) is 49.0 Å². The molecule has 1 aliphatic heterocycles. The lowest BCUT2D eigenvalue weighted by atomic mass is 10.1. The summed E-state index contributed by atoms with van der Waals surface area (Å²) in [7, 11) is 1.45. The van der Waals surface area contributed by atoms with Crippen LogP contribution in [0, 0.1) is 17.1 Å². The average molecular weight is 353 g/mol. The van der Waals surface area contributed by atoms with Gasteiger partial charge >= 0.3 is 0 Å². The smallest absolute Gasteiger partial charge is 0.253 e. The number of nitrogens with zero attached hydrogens (tertiary/aromatic N) is 3. The van der Waals surface area contributed by atoms with Crippen LogP contribution in [0.3, 0.4) is 0 Å². The van der Waals surface area contributed by atoms with Gasteiger partial charge in [-0.2, -0.15) is 5.26 Å². The lowest BCUT2D eigenvalue weighted by molar-refractivity contribution is 0.0628. The minimum absolute atomic E-state index is 0.0235. The predicted molar refractivity (Wildman–Crippen MR) is 95.3 cm³/mol. The summed E-state index contributed by atoms with van der Waals surface area (Å²) >= 11 is 0. The van der Waals surface area contributed by atoms with Crippen LogP contribution in [0.15, 0.2) is 42.5 Å². The molecule has 0 saturated carbocycles. The first-order valence-electron chi connectivity index (χ1n) is 8.45. The Morgan fingerprint density at radius 2 is 1.85 bits per heavy atom. The van der Waals surface area contributed by atoms with Gasteiger partial charge in [0.1, 0.15) is 0 Å². The molecule has 0 bridgehead atoms. The van der Waals surface area contributed by atoms with Gasteiger partial charge in [-0.15, -0.1) is 0 Å². The molecule has 6 heteroatoms. The molecule has 2 aromatic rings. The summed E-state index contributed by atoms with van der Waals surface area (Å²) in [6.07, 6.45) is 0. The Morgan fingerprint density at radius 1 is 1.15 bits per heavy atom. The number of rotatable bonds is 4. The number of halogens is 1. The number of carbonyl (C=O) groups excluding carboxylic acids is 1. The fourth-order valence-electron chi connectivity index (χ4n) is 3.05. The quantitative estimate of drug-likeness (QED) is 0.848. The lowest BCUT2D eigenvalue weighted by Crippen LogP contribution is -2.48. The molecular weight excluding hydrogens is 333 g/mol. The lowest BCUT2D eigenvalue weighted by Gasteiger charge is -2.34. The summed E-state index contributed by atoms with van der Waals surface area (Å²) in [5.74, 6) is -0.143. The van der Waals surface area contributed by atoms with Crippen LogP contribution in [0.5, 0.6) is 5.75 Å². The van der Waals surface area contributed by atoms with Gasteiger partial charge in [0, 0.05) is 38.3 Å². The second-order valence-electron chi connectivity index (χ2n) is 6.23. The van der Waals surface area contributed by atoms with E-state index in [4.69, 9.17) is 10.00 Å². The van der Waals surface area contributed by atoms with Crippen LogP contribution < -0.4 is 4.74 Å². The van der Waals surface area contributed by atoms with E-state index in [1.54, 1.807) is 30.3 Å². The third kappa shape index (κ3) is 4.01. The molecule has 1 amide bonds. The van der Waals surface area contributed by atoms with Crippen molar-refractivity contribution in [2.45, 2.75) is 6.54 Å². The number of methoxy groups -OCH3 is 1. The van der Waals surface area contributed by atoms with Crippen molar-refractivity contribution < 1.29 is 13.9 Å². The number of ether oxygens (including phenoxy) is 1. The molecule has 0 aliphatic carbocycles. The summed E-state index contributed by atoms with van der Waals surface area (Å²) in [6.45, 7) is 3.35. The van der Waals surface area contributed by atoms with Gasteiger partial charge < -0.3 is 9.64 Å². The highest BCUT2D eigenvalue weighted by atomic mass is 19.1. The molecule has 0 atom stereocenters. The Labute approximate surface area is 152 Å². The number of piperazine rings is 1. The molecule has 1 saturated heterocycles. The SMILES string of the molecule is COc1ccc(CN2CCN(C(=O)c3ccc(C#N)cc3)CC2)cc1F. The van der Waals surface area contributed by atoms with E-state index in [1.165, 1.54) is 13.2 Å². The Balaban J connectivity index is 1.56. The fraction of sp³-hybridized carbons (Fsp3) is 0.300. The van der Waals surface area contributed by atoms with Crippen molar-refractivity contribution in [2.75, 3.05) is 33.3 Å². The molecule has 0 aromatic heterocycles. The van der Waals surface area contributed by atoms with E-state index >= 15 is 0 Å². The van der Waals surface area contributed by atoms with Crippen LogP contribution in [0.25, 0.3) is 0 Å². The zero-order valence-corrected chi connectivity index (χ0v) is 14.6. The van der Waals surface area contributed by atoms with Crippen molar-refractivity contribution in [3.8, 4) is 11.8 Å². The summed E-state index contributed by atoms with van der Waals surface area (Å²) in [6, 6.07) is 13.7. The first kappa shape index (κ1) is 17.9. The van der Waals surface area contributed by atoms with Gasteiger partial charge in [0.15, 0.2) is 11.6 Å². The summed E-state index contributed by atoms with van der Waals surface area (Å²) in [4.78, 5) is 16.6. The molecule has 1 heterocycles. The highest BCUT2D eigenvalue weighted by Gasteiger charge is 2.22. The maximum atomic E-state index is 13.8. The maximum Gasteiger partial charge on any atom is 0.253 e. The summed E-state index contributed by atoms with van der Waals surface area (Å²) in [5.41, 5.74) is 2.02. The normalized spacial score (nSPS) is 14.7. The summed E-state index contributed by atoms with van der Waals surface area (Å²) < 4.78 is 18.7. The predicted octanol–water partition coefficient (Wildman–Crippen LogP) is 2.66. The number of hydrogen-bond acceptors (Lipinski definition) is 4. The Morgan fingerprint density at radius 3 is 2.42 bits per heavy atom. The second-order valence-corrected chi connectivity index (χ2v) is 6.23. The number of nitriles is 1. The van der Waals surface area contributed by atoms with Crippen molar-refractivity contribution >= 4 is 5.91 Å². The van der Waals surface area contributed by atoms with Gasteiger partial charge in [-0.05, 0) is 42.0 Å². The van der Waals surface area contributed by atoms with Gasteiger partial charge in [0.25, 0.3) is 5.91 Å². The van der Waals surface area contributed by atoms with E-state index in [0.29, 0.717) is 30.8 Å². The van der Waals surface area contributed by atoms with Crippen LogP contribution in [0.4, 0.5) is 4.39 Å². The Kier molecular flexibility index (Phi) is 5.49. The highest BCUT2D eigenvalue weighted by Crippen LogP contribution is 2.19. The number of carbonyl (C=O) groups is 1. The van der Waals surface area contributed by atoms with E-state index in [2.05, 4.69) is 4.90 Å². The molecule has 26 heavy (non-hydrogen) atoms. The van der Waals surface area contributed by atoms with Crippen LogP contribution in [0.2, 0.25) is 0 Å². The third-order valence-electron chi connectivity index (χ3n) is 4.54. The van der Waals surface area contributed by atoms with Gasteiger partial charge in [-0.1, -0.05) is 6.07 Å². The molecule has 5 nitrogen and oxygen atoms in total. The molecular formula is C20H20FN3O2.